The number of benzene rings is 5. The second-order valence-electron chi connectivity index (χ2n) is 14.3. The van der Waals surface area contributed by atoms with Gasteiger partial charge in [-0.1, -0.05) is 152 Å². The van der Waals surface area contributed by atoms with Crippen molar-refractivity contribution in [1.82, 2.24) is 0 Å². The first-order valence-corrected chi connectivity index (χ1v) is 19.4. The Morgan fingerprint density at radius 1 is 0.375 bits per heavy atom. The van der Waals surface area contributed by atoms with E-state index >= 15 is 0 Å². The van der Waals surface area contributed by atoms with Crippen molar-refractivity contribution >= 4 is 0 Å². The van der Waals surface area contributed by atoms with Gasteiger partial charge in [0.05, 0.1) is 45.2 Å². The highest BCUT2D eigenvalue weighted by Crippen LogP contribution is 2.35. The third kappa shape index (κ3) is 10.8. The average molecular weight is 761 g/mol. The molecule has 0 aromatic heterocycles. The van der Waals surface area contributed by atoms with E-state index in [4.69, 9.17) is 37.9 Å². The quantitative estimate of drug-likeness (QED) is 0.102. The van der Waals surface area contributed by atoms with Gasteiger partial charge >= 0.3 is 0 Å². The van der Waals surface area contributed by atoms with E-state index in [1.807, 2.05) is 166 Å². The van der Waals surface area contributed by atoms with Gasteiger partial charge in [0.1, 0.15) is 36.6 Å². The van der Waals surface area contributed by atoms with Crippen LogP contribution in [0.1, 0.15) is 41.7 Å². The van der Waals surface area contributed by atoms with Crippen LogP contribution in [0.25, 0.3) is 0 Å². The van der Waals surface area contributed by atoms with Gasteiger partial charge < -0.3 is 43.0 Å². The molecular formula is C47H52O9. The Bertz CT molecular complexity index is 1830. The lowest BCUT2D eigenvalue weighted by Gasteiger charge is -2.49. The molecule has 0 aliphatic carbocycles. The summed E-state index contributed by atoms with van der Waals surface area (Å²) < 4.78 is 53.2. The van der Waals surface area contributed by atoms with Crippen LogP contribution in [0.3, 0.4) is 0 Å². The lowest BCUT2D eigenvalue weighted by molar-refractivity contribution is -0.366. The molecule has 56 heavy (non-hydrogen) atoms. The number of aliphatic hydroxyl groups is 1. The van der Waals surface area contributed by atoms with Crippen molar-refractivity contribution in [3.05, 3.63) is 179 Å². The van der Waals surface area contributed by atoms with E-state index in [1.54, 1.807) is 0 Å². The second kappa shape index (κ2) is 20.2. The molecule has 2 aliphatic rings. The van der Waals surface area contributed by atoms with Gasteiger partial charge in [0.2, 0.25) is 0 Å². The minimum absolute atomic E-state index is 0.244. The van der Waals surface area contributed by atoms with Crippen molar-refractivity contribution in [2.75, 3.05) is 0 Å². The van der Waals surface area contributed by atoms with Gasteiger partial charge in [-0.2, -0.15) is 0 Å². The summed E-state index contributed by atoms with van der Waals surface area (Å²) in [4.78, 5) is 0. The molecule has 7 rings (SSSR count). The second-order valence-corrected chi connectivity index (χ2v) is 14.3. The highest BCUT2D eigenvalue weighted by atomic mass is 16.7. The summed E-state index contributed by atoms with van der Waals surface area (Å²) in [6.45, 7) is 5.32. The highest BCUT2D eigenvalue weighted by Gasteiger charge is 2.52. The molecule has 2 aliphatic heterocycles. The summed E-state index contributed by atoms with van der Waals surface area (Å²) in [7, 11) is 0. The van der Waals surface area contributed by atoms with Gasteiger partial charge in [0.15, 0.2) is 12.6 Å². The van der Waals surface area contributed by atoms with Crippen LogP contribution >= 0.6 is 0 Å². The van der Waals surface area contributed by atoms with Crippen molar-refractivity contribution in [3.8, 4) is 0 Å². The third-order valence-electron chi connectivity index (χ3n) is 10.2. The molecule has 0 bridgehead atoms. The van der Waals surface area contributed by atoms with Crippen LogP contribution in [0.4, 0.5) is 0 Å². The lowest BCUT2D eigenvalue weighted by atomic mass is 9.96. The molecule has 0 spiro atoms. The number of rotatable bonds is 17. The summed E-state index contributed by atoms with van der Waals surface area (Å²) in [6, 6.07) is 49.8. The van der Waals surface area contributed by atoms with Crippen LogP contribution in [0.15, 0.2) is 152 Å². The molecule has 2 heterocycles. The standard InChI is InChI=1S/C47H52O9/c1-33-40(49-28-35-18-8-3-9-19-35)42(50-29-36-20-10-4-11-21-36)45(53-32-39-26-16-7-17-27-39)47(55-33)56-41-34(2)54-46(48)44(52-31-38-24-14-6-15-25-38)43(41)51-30-37-22-12-5-13-23-37/h3-27,33-34,40-48H,28-32H2,1-2H3/t33-,34-,40+,41+,42+,43+,44-,45-,46+,47-/m1/s1. The number of ether oxygens (including phenoxy) is 8. The molecule has 1 N–H and O–H groups in total. The summed E-state index contributed by atoms with van der Waals surface area (Å²) in [5.41, 5.74) is 4.97. The SMILES string of the molecule is C[C@H]1O[C@H](O)[C@H](OCc2ccccc2)[C@@H](OCc2ccccc2)[C@H]1O[C@H]1O[C@H](C)[C@H](OCc2ccccc2)[C@H](OCc2ccccc2)[C@H]1OCc1ccccc1. The van der Waals surface area contributed by atoms with E-state index in [-0.39, 0.29) is 19.8 Å². The zero-order valence-corrected chi connectivity index (χ0v) is 32.0. The van der Waals surface area contributed by atoms with Crippen LogP contribution < -0.4 is 0 Å². The summed E-state index contributed by atoms with van der Waals surface area (Å²) in [6.07, 6.45) is -7.47. The first kappa shape index (κ1) is 40.0. The molecule has 10 atom stereocenters. The Hall–Kier alpha value is -4.26. The van der Waals surface area contributed by atoms with Gasteiger partial charge in [0, 0.05) is 0 Å². The van der Waals surface area contributed by atoms with E-state index in [0.717, 1.165) is 27.8 Å². The van der Waals surface area contributed by atoms with E-state index < -0.39 is 61.4 Å². The van der Waals surface area contributed by atoms with Crippen molar-refractivity contribution < 1.29 is 43.0 Å². The number of aliphatic hydroxyl groups excluding tert-OH is 1. The van der Waals surface area contributed by atoms with E-state index in [0.29, 0.717) is 13.2 Å². The largest absolute Gasteiger partial charge is 0.368 e. The van der Waals surface area contributed by atoms with E-state index in [2.05, 4.69) is 0 Å². The molecule has 5 aromatic carbocycles. The first-order valence-electron chi connectivity index (χ1n) is 19.4. The van der Waals surface area contributed by atoms with Crippen molar-refractivity contribution in [1.29, 1.82) is 0 Å². The Balaban J connectivity index is 1.19. The number of hydrogen-bond donors (Lipinski definition) is 1. The molecule has 0 unspecified atom stereocenters. The molecule has 294 valence electrons. The lowest BCUT2D eigenvalue weighted by Crippen LogP contribution is -2.64. The molecule has 0 radical (unpaired) electrons. The van der Waals surface area contributed by atoms with Gasteiger partial charge in [0.25, 0.3) is 0 Å². The zero-order chi connectivity index (χ0) is 38.5. The molecular weight excluding hydrogens is 709 g/mol. The minimum Gasteiger partial charge on any atom is -0.368 e. The zero-order valence-electron chi connectivity index (χ0n) is 32.0. The fourth-order valence-electron chi connectivity index (χ4n) is 7.21. The molecule has 0 amide bonds. The summed E-state index contributed by atoms with van der Waals surface area (Å²) >= 11 is 0. The van der Waals surface area contributed by atoms with Crippen LogP contribution in [0.2, 0.25) is 0 Å². The smallest absolute Gasteiger partial charge is 0.187 e. The maximum Gasteiger partial charge on any atom is 0.187 e. The predicted molar refractivity (Wildman–Crippen MR) is 211 cm³/mol. The Labute approximate surface area is 330 Å². The predicted octanol–water partition coefficient (Wildman–Crippen LogP) is 7.78. The summed E-state index contributed by atoms with van der Waals surface area (Å²) in [5, 5.41) is 11.3. The Morgan fingerprint density at radius 2 is 0.679 bits per heavy atom. The van der Waals surface area contributed by atoms with E-state index in [1.165, 1.54) is 0 Å². The molecule has 5 aromatic rings. The molecule has 9 nitrogen and oxygen atoms in total. The minimum atomic E-state index is -1.26. The topological polar surface area (TPSA) is 94.1 Å². The normalized spacial score (nSPS) is 27.8. The number of hydrogen-bond acceptors (Lipinski definition) is 9. The summed E-state index contributed by atoms with van der Waals surface area (Å²) in [5.74, 6) is 0. The van der Waals surface area contributed by atoms with Crippen molar-refractivity contribution in [2.24, 2.45) is 0 Å². The first-order chi connectivity index (χ1) is 27.5. The molecule has 9 heteroatoms. The van der Waals surface area contributed by atoms with E-state index in [9.17, 15) is 5.11 Å². The highest BCUT2D eigenvalue weighted by molar-refractivity contribution is 5.17. The molecule has 2 saturated heterocycles. The van der Waals surface area contributed by atoms with Crippen molar-refractivity contribution in [2.45, 2.75) is 108 Å². The van der Waals surface area contributed by atoms with Crippen LogP contribution in [-0.4, -0.2) is 66.5 Å². The van der Waals surface area contributed by atoms with Crippen LogP contribution in [0, 0.1) is 0 Å². The van der Waals surface area contributed by atoms with Gasteiger partial charge in [-0.15, -0.1) is 0 Å². The maximum absolute atomic E-state index is 11.3. The fourth-order valence-corrected chi connectivity index (χ4v) is 7.21. The van der Waals surface area contributed by atoms with Gasteiger partial charge in [-0.3, -0.25) is 0 Å². The Kier molecular flexibility index (Phi) is 14.4. The van der Waals surface area contributed by atoms with Crippen molar-refractivity contribution in [3.63, 3.8) is 0 Å². The van der Waals surface area contributed by atoms with Gasteiger partial charge in [-0.25, -0.2) is 0 Å². The third-order valence-corrected chi connectivity index (χ3v) is 10.2. The monoisotopic (exact) mass is 760 g/mol. The maximum atomic E-state index is 11.3. The Morgan fingerprint density at radius 3 is 1.07 bits per heavy atom. The molecule has 2 fully saturated rings. The van der Waals surface area contributed by atoms with Crippen LogP contribution in [0.5, 0.6) is 0 Å². The molecule has 0 saturated carbocycles. The van der Waals surface area contributed by atoms with Gasteiger partial charge in [-0.05, 0) is 41.7 Å². The fraction of sp³-hybridized carbons (Fsp3) is 0.362. The van der Waals surface area contributed by atoms with Crippen LogP contribution in [-0.2, 0) is 70.9 Å². The average Bonchev–Trinajstić information content (AvgIpc) is 3.24.